The van der Waals surface area contributed by atoms with Crippen LogP contribution < -0.4 is 0 Å². The Kier molecular flexibility index (Phi) is 3.37. The fourth-order valence-electron chi connectivity index (χ4n) is 1.67. The van der Waals surface area contributed by atoms with Crippen LogP contribution in [0.2, 0.25) is 0 Å². The lowest BCUT2D eigenvalue weighted by molar-refractivity contribution is -0.145. The summed E-state index contributed by atoms with van der Waals surface area (Å²) >= 11 is 4.91. The van der Waals surface area contributed by atoms with Gasteiger partial charge in [-0.05, 0) is 6.92 Å². The molecule has 1 unspecified atom stereocenters. The smallest absolute Gasteiger partial charge is 0.302 e. The number of carbonyl (C=O) groups is 1. The van der Waals surface area contributed by atoms with Crippen molar-refractivity contribution in [2.75, 3.05) is 0 Å². The van der Waals surface area contributed by atoms with Crippen LogP contribution >= 0.6 is 12.2 Å². The van der Waals surface area contributed by atoms with Gasteiger partial charge in [-0.2, -0.15) is 9.37 Å². The molecular formula is C10H11FN4O2S. The average Bonchev–Trinajstić information content (AvgIpc) is 2.60. The van der Waals surface area contributed by atoms with Crippen LogP contribution in [0.15, 0.2) is 6.33 Å². The number of imidazole rings is 1. The maximum absolute atomic E-state index is 13.1. The highest BCUT2D eigenvalue weighted by molar-refractivity contribution is 7.71. The Morgan fingerprint density at radius 2 is 2.44 bits per heavy atom. The molecule has 0 aliphatic carbocycles. The molecule has 0 saturated carbocycles. The van der Waals surface area contributed by atoms with Crippen LogP contribution in [0.4, 0.5) is 4.39 Å². The number of hydrogen-bond donors (Lipinski definition) is 1. The second-order valence-electron chi connectivity index (χ2n) is 3.85. The third-order valence-corrected chi connectivity index (χ3v) is 2.57. The second-order valence-corrected chi connectivity index (χ2v) is 4.23. The summed E-state index contributed by atoms with van der Waals surface area (Å²) in [6.07, 6.45) is 0.380. The molecule has 0 aliphatic heterocycles. The molecule has 1 N–H and O–H groups in total. The number of rotatable bonds is 3. The van der Waals surface area contributed by atoms with E-state index in [0.717, 1.165) is 0 Å². The third kappa shape index (κ3) is 2.53. The summed E-state index contributed by atoms with van der Waals surface area (Å²) in [5.41, 5.74) is 0.841. The van der Waals surface area contributed by atoms with E-state index in [9.17, 15) is 9.18 Å². The molecule has 2 aromatic heterocycles. The van der Waals surface area contributed by atoms with Crippen molar-refractivity contribution >= 4 is 29.4 Å². The summed E-state index contributed by atoms with van der Waals surface area (Å²) in [5.74, 6) is -0.368. The predicted octanol–water partition coefficient (Wildman–Crippen LogP) is 1.58. The molecule has 96 valence electrons. The number of nitrogens with zero attached hydrogens (tertiary/aromatic N) is 3. The Morgan fingerprint density at radius 3 is 3.11 bits per heavy atom. The Bertz CT molecular complexity index is 651. The third-order valence-electron chi connectivity index (χ3n) is 2.28. The zero-order valence-corrected chi connectivity index (χ0v) is 10.6. The predicted molar refractivity (Wildman–Crippen MR) is 63.9 cm³/mol. The highest BCUT2D eigenvalue weighted by Crippen LogP contribution is 2.12. The number of aromatic amines is 1. The van der Waals surface area contributed by atoms with Crippen molar-refractivity contribution in [2.24, 2.45) is 0 Å². The Balaban J connectivity index is 2.35. The lowest BCUT2D eigenvalue weighted by Gasteiger charge is -2.12. The van der Waals surface area contributed by atoms with Crippen molar-refractivity contribution in [1.29, 1.82) is 0 Å². The van der Waals surface area contributed by atoms with Crippen molar-refractivity contribution in [1.82, 2.24) is 19.5 Å². The fourth-order valence-corrected chi connectivity index (χ4v) is 1.90. The van der Waals surface area contributed by atoms with Crippen LogP contribution in [-0.4, -0.2) is 31.6 Å². The van der Waals surface area contributed by atoms with Gasteiger partial charge in [-0.15, -0.1) is 0 Å². The normalized spacial score (nSPS) is 12.6. The molecule has 0 amide bonds. The molecule has 0 aliphatic rings. The summed E-state index contributed by atoms with van der Waals surface area (Å²) in [6, 6.07) is 0. The monoisotopic (exact) mass is 270 g/mol. The molecule has 0 bridgehead atoms. The van der Waals surface area contributed by atoms with Gasteiger partial charge in [0.25, 0.3) is 6.08 Å². The van der Waals surface area contributed by atoms with Crippen LogP contribution in [0.1, 0.15) is 13.8 Å². The maximum atomic E-state index is 13.1. The van der Waals surface area contributed by atoms with Crippen molar-refractivity contribution in [3.63, 3.8) is 0 Å². The Hall–Kier alpha value is -1.83. The lowest BCUT2D eigenvalue weighted by atomic mass is 10.4. The van der Waals surface area contributed by atoms with E-state index in [1.807, 2.05) is 0 Å². The second kappa shape index (κ2) is 4.81. The van der Waals surface area contributed by atoms with E-state index in [0.29, 0.717) is 17.7 Å². The summed E-state index contributed by atoms with van der Waals surface area (Å²) < 4.78 is 19.9. The molecule has 0 spiro atoms. The molecule has 0 aromatic carbocycles. The van der Waals surface area contributed by atoms with Gasteiger partial charge in [0, 0.05) is 6.92 Å². The average molecular weight is 270 g/mol. The van der Waals surface area contributed by atoms with Crippen LogP contribution in [0, 0.1) is 10.7 Å². The highest BCUT2D eigenvalue weighted by Gasteiger charge is 2.11. The summed E-state index contributed by atoms with van der Waals surface area (Å²) in [4.78, 5) is 20.8. The fraction of sp³-hybridized carbons (Fsp3) is 0.400. The molecule has 18 heavy (non-hydrogen) atoms. The molecular weight excluding hydrogens is 259 g/mol. The number of halogens is 1. The molecule has 2 heterocycles. The largest absolute Gasteiger partial charge is 0.461 e. The zero-order chi connectivity index (χ0) is 13.3. The number of nitrogens with one attached hydrogen (secondary N) is 1. The van der Waals surface area contributed by atoms with Crippen molar-refractivity contribution in [3.05, 3.63) is 17.0 Å². The number of H-pyrrole nitrogens is 1. The molecule has 6 nitrogen and oxygen atoms in total. The number of esters is 1. The molecule has 1 atom stereocenters. The van der Waals surface area contributed by atoms with E-state index in [4.69, 9.17) is 17.0 Å². The van der Waals surface area contributed by atoms with Crippen LogP contribution in [0.5, 0.6) is 0 Å². The Morgan fingerprint density at radius 1 is 1.72 bits per heavy atom. The first-order chi connectivity index (χ1) is 8.47. The van der Waals surface area contributed by atoms with E-state index in [1.165, 1.54) is 13.3 Å². The molecule has 0 fully saturated rings. The number of ether oxygens (including phenoxy) is 1. The van der Waals surface area contributed by atoms with E-state index < -0.39 is 6.08 Å². The Labute approximate surface area is 107 Å². The minimum absolute atomic E-state index is 0.0974. The van der Waals surface area contributed by atoms with Gasteiger partial charge in [0.1, 0.15) is 17.3 Å². The van der Waals surface area contributed by atoms with Crippen molar-refractivity contribution in [3.8, 4) is 0 Å². The molecule has 8 heteroatoms. The van der Waals surface area contributed by atoms with E-state index in [-0.39, 0.29) is 16.7 Å². The minimum Gasteiger partial charge on any atom is -0.461 e. The summed E-state index contributed by atoms with van der Waals surface area (Å²) in [6.45, 7) is 3.42. The molecule has 2 rings (SSSR count). The van der Waals surface area contributed by atoms with Crippen LogP contribution in [0.3, 0.4) is 0 Å². The van der Waals surface area contributed by atoms with Gasteiger partial charge in [-0.1, -0.05) is 12.2 Å². The number of aromatic nitrogens is 4. The van der Waals surface area contributed by atoms with E-state index in [1.54, 1.807) is 11.5 Å². The summed E-state index contributed by atoms with van der Waals surface area (Å²) in [7, 11) is 0. The summed E-state index contributed by atoms with van der Waals surface area (Å²) in [5, 5.41) is 0. The first-order valence-corrected chi connectivity index (χ1v) is 5.66. The standard InChI is InChI=1S/C10H11FN4O2S/c1-5(17-6(2)16)3-15-4-12-7-8(15)13-10(11)14-9(7)18/h4-5H,3H2,1-2H3,(H,13,14,18). The zero-order valence-electron chi connectivity index (χ0n) is 9.81. The number of hydrogen-bond acceptors (Lipinski definition) is 5. The highest BCUT2D eigenvalue weighted by atomic mass is 32.1. The molecule has 0 radical (unpaired) electrons. The van der Waals surface area contributed by atoms with Gasteiger partial charge in [-0.3, -0.25) is 9.78 Å². The molecule has 2 aromatic rings. The number of carbonyl (C=O) groups excluding carboxylic acids is 1. The van der Waals surface area contributed by atoms with Gasteiger partial charge < -0.3 is 9.30 Å². The van der Waals surface area contributed by atoms with Gasteiger partial charge in [-0.25, -0.2) is 4.98 Å². The van der Waals surface area contributed by atoms with Gasteiger partial charge >= 0.3 is 5.97 Å². The van der Waals surface area contributed by atoms with Crippen molar-refractivity contribution < 1.29 is 13.9 Å². The van der Waals surface area contributed by atoms with E-state index >= 15 is 0 Å². The molecule has 0 saturated heterocycles. The van der Waals surface area contributed by atoms with Crippen LogP contribution in [-0.2, 0) is 16.1 Å². The van der Waals surface area contributed by atoms with Crippen LogP contribution in [0.25, 0.3) is 11.2 Å². The van der Waals surface area contributed by atoms with Gasteiger partial charge in [0.15, 0.2) is 4.64 Å². The SMILES string of the molecule is CC(=O)OC(C)Cn1cnc2c(=S)nc(F)[nH]c21. The minimum atomic E-state index is -0.769. The quantitative estimate of drug-likeness (QED) is 0.521. The maximum Gasteiger partial charge on any atom is 0.302 e. The van der Waals surface area contributed by atoms with Gasteiger partial charge in [0.05, 0.1) is 12.9 Å². The lowest BCUT2D eigenvalue weighted by Crippen LogP contribution is -2.19. The van der Waals surface area contributed by atoms with E-state index in [2.05, 4.69) is 15.0 Å². The van der Waals surface area contributed by atoms with Crippen molar-refractivity contribution in [2.45, 2.75) is 26.5 Å². The topological polar surface area (TPSA) is 72.8 Å². The first kappa shape index (κ1) is 12.6. The first-order valence-electron chi connectivity index (χ1n) is 5.25. The van der Waals surface area contributed by atoms with Gasteiger partial charge in [0.2, 0.25) is 0 Å². The number of fused-ring (bicyclic) bond motifs is 1.